The Kier molecular flexibility index (Phi) is 4.36. The van der Waals surface area contributed by atoms with Crippen molar-refractivity contribution in [1.29, 1.82) is 0 Å². The lowest BCUT2D eigenvalue weighted by Crippen LogP contribution is -2.35. The van der Waals surface area contributed by atoms with E-state index < -0.39 is 21.7 Å². The number of hydrogen-bond acceptors (Lipinski definition) is 4. The van der Waals surface area contributed by atoms with Gasteiger partial charge in [0.25, 0.3) is 0 Å². The zero-order chi connectivity index (χ0) is 14.8. The summed E-state index contributed by atoms with van der Waals surface area (Å²) in [6.07, 6.45) is 0.596. The predicted octanol–water partition coefficient (Wildman–Crippen LogP) is 0.851. The highest BCUT2D eigenvalue weighted by molar-refractivity contribution is 7.89. The molecule has 1 fully saturated rings. The summed E-state index contributed by atoms with van der Waals surface area (Å²) >= 11 is 0. The first-order valence-corrected chi connectivity index (χ1v) is 7.54. The smallest absolute Gasteiger partial charge is 0.240 e. The van der Waals surface area contributed by atoms with Crippen LogP contribution in [0.3, 0.4) is 0 Å². The maximum atomic E-state index is 13.5. The van der Waals surface area contributed by atoms with Crippen molar-refractivity contribution in [3.8, 4) is 0 Å². The van der Waals surface area contributed by atoms with Crippen molar-refractivity contribution in [1.82, 2.24) is 4.72 Å². The van der Waals surface area contributed by atoms with E-state index in [9.17, 15) is 17.6 Å². The minimum Gasteiger partial charge on any atom is -0.380 e. The van der Waals surface area contributed by atoms with Crippen LogP contribution in [0.2, 0.25) is 0 Å². The normalized spacial score (nSPS) is 19.0. The average molecular weight is 302 g/mol. The van der Waals surface area contributed by atoms with Gasteiger partial charge in [0.05, 0.1) is 17.2 Å². The summed E-state index contributed by atoms with van der Waals surface area (Å²) in [6.45, 7) is 2.04. The molecule has 1 heterocycles. The number of ether oxygens (including phenoxy) is 1. The maximum absolute atomic E-state index is 13.5. The van der Waals surface area contributed by atoms with Crippen molar-refractivity contribution in [2.45, 2.75) is 24.3 Å². The molecule has 1 saturated heterocycles. The molecule has 0 radical (unpaired) electrons. The van der Waals surface area contributed by atoms with Gasteiger partial charge in [-0.1, -0.05) is 0 Å². The number of anilines is 1. The van der Waals surface area contributed by atoms with E-state index in [1.54, 1.807) is 0 Å². The van der Waals surface area contributed by atoms with Crippen molar-refractivity contribution in [3.05, 3.63) is 24.0 Å². The van der Waals surface area contributed by atoms with Crippen molar-refractivity contribution >= 4 is 21.6 Å². The van der Waals surface area contributed by atoms with Gasteiger partial charge in [0, 0.05) is 19.6 Å². The molecule has 6 nitrogen and oxygen atoms in total. The van der Waals surface area contributed by atoms with E-state index in [1.165, 1.54) is 6.92 Å². The fraction of sp³-hybridized carbons (Fsp3) is 0.417. The van der Waals surface area contributed by atoms with Gasteiger partial charge in [-0.3, -0.25) is 4.79 Å². The number of benzene rings is 1. The van der Waals surface area contributed by atoms with E-state index in [4.69, 9.17) is 4.74 Å². The summed E-state index contributed by atoms with van der Waals surface area (Å²) in [5.41, 5.74) is -0.164. The first kappa shape index (κ1) is 14.9. The second-order valence-electron chi connectivity index (χ2n) is 4.50. The number of carbonyl (C=O) groups is 1. The minimum atomic E-state index is -3.77. The quantitative estimate of drug-likeness (QED) is 0.863. The second kappa shape index (κ2) is 5.86. The zero-order valence-electron chi connectivity index (χ0n) is 10.8. The van der Waals surface area contributed by atoms with E-state index in [0.29, 0.717) is 19.6 Å². The first-order chi connectivity index (χ1) is 9.38. The van der Waals surface area contributed by atoms with Gasteiger partial charge >= 0.3 is 0 Å². The molecule has 110 valence electrons. The van der Waals surface area contributed by atoms with Gasteiger partial charge in [-0.15, -0.1) is 0 Å². The standard InChI is InChI=1S/C12H15FN2O4S/c1-8(16)14-12-6-10(2-3-11(12)13)20(17,18)15-9-4-5-19-7-9/h2-3,6,9,15H,4-5,7H2,1H3,(H,14,16). The van der Waals surface area contributed by atoms with Crippen LogP contribution in [-0.4, -0.2) is 33.6 Å². The Morgan fingerprint density at radius 1 is 1.45 bits per heavy atom. The predicted molar refractivity (Wildman–Crippen MR) is 70.2 cm³/mol. The number of carbonyl (C=O) groups excluding carboxylic acids is 1. The molecule has 0 bridgehead atoms. The van der Waals surface area contributed by atoms with Crippen LogP contribution >= 0.6 is 0 Å². The summed E-state index contributed by atoms with van der Waals surface area (Å²) in [6, 6.07) is 2.97. The van der Waals surface area contributed by atoms with Crippen LogP contribution in [0, 0.1) is 5.82 Å². The second-order valence-corrected chi connectivity index (χ2v) is 6.22. The highest BCUT2D eigenvalue weighted by Gasteiger charge is 2.24. The molecule has 0 spiro atoms. The summed E-state index contributed by atoms with van der Waals surface area (Å²) in [7, 11) is -3.77. The molecule has 0 saturated carbocycles. The molecule has 1 amide bonds. The SMILES string of the molecule is CC(=O)Nc1cc(S(=O)(=O)NC2CCOC2)ccc1F. The number of sulfonamides is 1. The summed E-state index contributed by atoms with van der Waals surface area (Å²) in [4.78, 5) is 10.8. The summed E-state index contributed by atoms with van der Waals surface area (Å²) < 4.78 is 45.3. The molecule has 1 atom stereocenters. The number of halogens is 1. The monoisotopic (exact) mass is 302 g/mol. The van der Waals surface area contributed by atoms with Gasteiger partial charge in [-0.05, 0) is 24.6 Å². The third-order valence-electron chi connectivity index (χ3n) is 2.81. The lowest BCUT2D eigenvalue weighted by atomic mass is 10.3. The molecule has 0 aromatic heterocycles. The van der Waals surface area contributed by atoms with Crippen LogP contribution in [0.5, 0.6) is 0 Å². The van der Waals surface area contributed by atoms with Gasteiger partial charge < -0.3 is 10.1 Å². The molecular formula is C12H15FN2O4S. The Bertz CT molecular complexity index is 612. The Morgan fingerprint density at radius 2 is 2.20 bits per heavy atom. The van der Waals surface area contributed by atoms with Crippen LogP contribution in [0.4, 0.5) is 10.1 Å². The van der Waals surface area contributed by atoms with Crippen LogP contribution in [-0.2, 0) is 19.6 Å². The Balaban J connectivity index is 2.24. The topological polar surface area (TPSA) is 84.5 Å². The molecular weight excluding hydrogens is 287 g/mol. The fourth-order valence-corrected chi connectivity index (χ4v) is 3.15. The zero-order valence-corrected chi connectivity index (χ0v) is 11.7. The lowest BCUT2D eigenvalue weighted by Gasteiger charge is -2.12. The third-order valence-corrected chi connectivity index (χ3v) is 4.33. The number of rotatable bonds is 4. The molecule has 20 heavy (non-hydrogen) atoms. The minimum absolute atomic E-state index is 0.102. The van der Waals surface area contributed by atoms with E-state index in [2.05, 4.69) is 10.0 Å². The highest BCUT2D eigenvalue weighted by atomic mass is 32.2. The van der Waals surface area contributed by atoms with E-state index in [1.807, 2.05) is 0 Å². The van der Waals surface area contributed by atoms with E-state index >= 15 is 0 Å². The highest BCUT2D eigenvalue weighted by Crippen LogP contribution is 2.20. The van der Waals surface area contributed by atoms with E-state index in [-0.39, 0.29) is 16.6 Å². The van der Waals surface area contributed by atoms with Gasteiger partial charge in [0.15, 0.2) is 0 Å². The van der Waals surface area contributed by atoms with Crippen LogP contribution in [0.1, 0.15) is 13.3 Å². The molecule has 2 N–H and O–H groups in total. The van der Waals surface area contributed by atoms with Gasteiger partial charge in [0.1, 0.15) is 5.82 Å². The summed E-state index contributed by atoms with van der Waals surface area (Å²) in [5.74, 6) is -1.17. The average Bonchev–Trinajstić information content (AvgIpc) is 2.83. The van der Waals surface area contributed by atoms with Gasteiger partial charge in [0.2, 0.25) is 15.9 Å². The molecule has 1 aromatic rings. The molecule has 1 aromatic carbocycles. The Hall–Kier alpha value is -1.51. The van der Waals surface area contributed by atoms with Crippen LogP contribution in [0.25, 0.3) is 0 Å². The van der Waals surface area contributed by atoms with Crippen LogP contribution < -0.4 is 10.0 Å². The van der Waals surface area contributed by atoms with Crippen molar-refractivity contribution in [2.24, 2.45) is 0 Å². The van der Waals surface area contributed by atoms with Gasteiger partial charge in [-0.25, -0.2) is 17.5 Å². The summed E-state index contributed by atoms with van der Waals surface area (Å²) in [5, 5.41) is 2.25. The van der Waals surface area contributed by atoms with Crippen molar-refractivity contribution in [2.75, 3.05) is 18.5 Å². The first-order valence-electron chi connectivity index (χ1n) is 6.06. The van der Waals surface area contributed by atoms with Crippen molar-refractivity contribution in [3.63, 3.8) is 0 Å². The molecule has 1 unspecified atom stereocenters. The fourth-order valence-electron chi connectivity index (χ4n) is 1.87. The molecule has 8 heteroatoms. The molecule has 2 rings (SSSR count). The maximum Gasteiger partial charge on any atom is 0.240 e. The number of nitrogens with one attached hydrogen (secondary N) is 2. The van der Waals surface area contributed by atoms with Crippen LogP contribution in [0.15, 0.2) is 23.1 Å². The number of hydrogen-bond donors (Lipinski definition) is 2. The molecule has 1 aliphatic rings. The van der Waals surface area contributed by atoms with E-state index in [0.717, 1.165) is 18.2 Å². The van der Waals surface area contributed by atoms with Crippen molar-refractivity contribution < 1.29 is 22.3 Å². The largest absolute Gasteiger partial charge is 0.380 e. The van der Waals surface area contributed by atoms with Gasteiger partial charge in [-0.2, -0.15) is 0 Å². The lowest BCUT2D eigenvalue weighted by molar-refractivity contribution is -0.114. The number of amides is 1. The molecule has 0 aliphatic carbocycles. The third kappa shape index (κ3) is 3.53. The Labute approximate surface area is 116 Å². The molecule has 1 aliphatic heterocycles. The Morgan fingerprint density at radius 3 is 2.80 bits per heavy atom.